The molecule has 0 spiro atoms. The molecule has 0 saturated heterocycles. The number of hydrogen-bond donors (Lipinski definition) is 0. The van der Waals surface area contributed by atoms with Crippen molar-refractivity contribution in [3.8, 4) is 5.75 Å². The van der Waals surface area contributed by atoms with Crippen molar-refractivity contribution < 1.29 is 13.9 Å². The number of alkyl halides is 1. The van der Waals surface area contributed by atoms with Crippen molar-refractivity contribution in [2.45, 2.75) is 64.1 Å². The monoisotopic (exact) mass is 487 g/mol. The molecule has 0 aromatic heterocycles. The largest absolute Gasteiger partial charge is 0.486 e. The van der Waals surface area contributed by atoms with E-state index in [1.165, 1.54) is 5.56 Å². The third-order valence-electron chi connectivity index (χ3n) is 7.37. The summed E-state index contributed by atoms with van der Waals surface area (Å²) in [4.78, 5) is 15.6. The number of rotatable bonds is 11. The molecule has 0 bridgehead atoms. The fourth-order valence-corrected chi connectivity index (χ4v) is 5.15. The first kappa shape index (κ1) is 25.9. The van der Waals surface area contributed by atoms with E-state index in [0.717, 1.165) is 36.8 Å². The third-order valence-corrected chi connectivity index (χ3v) is 7.37. The van der Waals surface area contributed by atoms with Crippen LogP contribution in [0, 0.1) is 5.92 Å². The number of likely N-dealkylation sites (N-methyl/N-ethyl adjacent to an activating group) is 1. The number of halogens is 1. The van der Waals surface area contributed by atoms with Crippen LogP contribution >= 0.6 is 0 Å². The van der Waals surface area contributed by atoms with E-state index in [1.807, 2.05) is 42.3 Å². The zero-order valence-corrected chi connectivity index (χ0v) is 21.8. The lowest BCUT2D eigenvalue weighted by molar-refractivity contribution is -0.139. The lowest BCUT2D eigenvalue weighted by Gasteiger charge is -2.43. The van der Waals surface area contributed by atoms with Crippen LogP contribution in [0.25, 0.3) is 0 Å². The van der Waals surface area contributed by atoms with Gasteiger partial charge in [-0.2, -0.15) is 0 Å². The molecule has 1 unspecified atom stereocenters. The van der Waals surface area contributed by atoms with Gasteiger partial charge in [-0.25, -0.2) is 4.39 Å². The van der Waals surface area contributed by atoms with Crippen LogP contribution in [0.5, 0.6) is 5.75 Å². The van der Waals surface area contributed by atoms with Gasteiger partial charge < -0.3 is 9.64 Å². The lowest BCUT2D eigenvalue weighted by atomic mass is 9.63. The van der Waals surface area contributed by atoms with Crippen molar-refractivity contribution in [2.24, 2.45) is 5.92 Å². The van der Waals surface area contributed by atoms with Gasteiger partial charge in [0.1, 0.15) is 18.5 Å². The fraction of sp³-hybridized carbons (Fsp3) is 0.406. The molecule has 4 rings (SSSR count). The van der Waals surface area contributed by atoms with E-state index in [9.17, 15) is 9.18 Å². The highest BCUT2D eigenvalue weighted by atomic mass is 19.1. The van der Waals surface area contributed by atoms with Crippen molar-refractivity contribution in [1.29, 1.82) is 0 Å². The van der Waals surface area contributed by atoms with Gasteiger partial charge in [-0.15, -0.1) is 0 Å². The highest BCUT2D eigenvalue weighted by molar-refractivity contribution is 5.89. The molecular formula is C32H38FNO2. The maximum atomic E-state index is 13.7. The number of nitrogens with zero attached hydrogens (tertiary/aromatic N) is 1. The Labute approximate surface area is 215 Å². The number of benzene rings is 3. The highest BCUT2D eigenvalue weighted by Gasteiger charge is 2.46. The normalized spacial score (nSPS) is 15.2. The van der Waals surface area contributed by atoms with Gasteiger partial charge >= 0.3 is 0 Å². The van der Waals surface area contributed by atoms with Crippen molar-refractivity contribution in [3.63, 3.8) is 0 Å². The highest BCUT2D eigenvalue weighted by Crippen LogP contribution is 2.45. The molecule has 190 valence electrons. The summed E-state index contributed by atoms with van der Waals surface area (Å²) in [5.74, 6) is 1.51. The molecule has 3 nitrogen and oxygen atoms in total. The minimum absolute atomic E-state index is 0.199. The standard InChI is InChI=1S/C32H38FNO2/c1-24(2)22-25-10-14-28(15-11-25)32(19-7-20-32)31(35)34(3)21-18-30(27-8-5-4-6-9-27)36-29-16-12-26(23-33)13-17-29/h4-6,8-17,24,30H,7,18-23H2,1-3H3. The molecule has 4 heteroatoms. The summed E-state index contributed by atoms with van der Waals surface area (Å²) in [7, 11) is 1.91. The topological polar surface area (TPSA) is 29.5 Å². The summed E-state index contributed by atoms with van der Waals surface area (Å²) < 4.78 is 19.2. The van der Waals surface area contributed by atoms with Crippen LogP contribution in [-0.4, -0.2) is 24.4 Å². The number of carbonyl (C=O) groups excluding carboxylic acids is 1. The summed E-state index contributed by atoms with van der Waals surface area (Å²) >= 11 is 0. The minimum atomic E-state index is -0.489. The van der Waals surface area contributed by atoms with Gasteiger partial charge in [0, 0.05) is 20.0 Å². The summed E-state index contributed by atoms with van der Waals surface area (Å²) in [6.45, 7) is 4.56. The van der Waals surface area contributed by atoms with Crippen LogP contribution in [0.1, 0.15) is 67.9 Å². The number of amides is 1. The molecule has 1 aliphatic carbocycles. The second kappa shape index (κ2) is 11.7. The quantitative estimate of drug-likeness (QED) is 0.281. The van der Waals surface area contributed by atoms with E-state index in [-0.39, 0.29) is 12.0 Å². The SMILES string of the molecule is CC(C)Cc1ccc(C2(C(=O)N(C)CCC(Oc3ccc(CF)cc3)c3ccccc3)CCC2)cc1. The number of carbonyl (C=O) groups is 1. The van der Waals surface area contributed by atoms with Gasteiger partial charge in [-0.05, 0) is 59.6 Å². The fourth-order valence-electron chi connectivity index (χ4n) is 5.15. The second-order valence-corrected chi connectivity index (χ2v) is 10.5. The molecule has 1 saturated carbocycles. The molecule has 36 heavy (non-hydrogen) atoms. The first-order valence-corrected chi connectivity index (χ1v) is 13.1. The molecule has 1 amide bonds. The van der Waals surface area contributed by atoms with Gasteiger partial charge in [0.05, 0.1) is 5.41 Å². The lowest BCUT2D eigenvalue weighted by Crippen LogP contribution is -2.50. The molecule has 1 fully saturated rings. The molecular weight excluding hydrogens is 449 g/mol. The Kier molecular flexibility index (Phi) is 8.45. The third kappa shape index (κ3) is 5.98. The van der Waals surface area contributed by atoms with E-state index in [0.29, 0.717) is 30.2 Å². The van der Waals surface area contributed by atoms with Crippen molar-refractivity contribution in [3.05, 3.63) is 101 Å². The van der Waals surface area contributed by atoms with E-state index in [4.69, 9.17) is 4.74 Å². The van der Waals surface area contributed by atoms with Gasteiger partial charge in [-0.1, -0.05) is 87.0 Å². The second-order valence-electron chi connectivity index (χ2n) is 10.5. The zero-order chi connectivity index (χ0) is 25.5. The zero-order valence-electron chi connectivity index (χ0n) is 21.8. The smallest absolute Gasteiger partial charge is 0.232 e. The predicted octanol–water partition coefficient (Wildman–Crippen LogP) is 7.45. The summed E-state index contributed by atoms with van der Waals surface area (Å²) in [6.07, 6.45) is 4.40. The molecule has 3 aromatic carbocycles. The number of hydrogen-bond acceptors (Lipinski definition) is 2. The van der Waals surface area contributed by atoms with E-state index >= 15 is 0 Å². The Hall–Kier alpha value is -3.14. The Morgan fingerprint density at radius 1 is 0.944 bits per heavy atom. The van der Waals surface area contributed by atoms with Crippen LogP contribution in [-0.2, 0) is 23.3 Å². The van der Waals surface area contributed by atoms with E-state index in [1.54, 1.807) is 12.1 Å². The van der Waals surface area contributed by atoms with Gasteiger partial charge in [0.25, 0.3) is 0 Å². The minimum Gasteiger partial charge on any atom is -0.486 e. The van der Waals surface area contributed by atoms with Crippen LogP contribution in [0.3, 0.4) is 0 Å². The maximum absolute atomic E-state index is 13.7. The van der Waals surface area contributed by atoms with Crippen LogP contribution < -0.4 is 4.74 Å². The van der Waals surface area contributed by atoms with Crippen LogP contribution in [0.15, 0.2) is 78.9 Å². The first-order chi connectivity index (χ1) is 17.4. The van der Waals surface area contributed by atoms with Crippen molar-refractivity contribution in [1.82, 2.24) is 4.90 Å². The molecule has 0 N–H and O–H groups in total. The molecule has 1 aliphatic rings. The Morgan fingerprint density at radius 3 is 2.14 bits per heavy atom. The Bertz CT molecular complexity index is 1110. The molecule has 0 radical (unpaired) electrons. The average molecular weight is 488 g/mol. The Morgan fingerprint density at radius 2 is 1.58 bits per heavy atom. The molecule has 0 heterocycles. The summed E-state index contributed by atoms with van der Waals surface area (Å²) in [6, 6.07) is 25.9. The van der Waals surface area contributed by atoms with Gasteiger partial charge in [0.2, 0.25) is 5.91 Å². The molecule has 3 aromatic rings. The molecule has 1 atom stereocenters. The predicted molar refractivity (Wildman–Crippen MR) is 144 cm³/mol. The number of ether oxygens (including phenoxy) is 1. The maximum Gasteiger partial charge on any atom is 0.232 e. The summed E-state index contributed by atoms with van der Waals surface area (Å²) in [5.41, 5.74) is 3.75. The van der Waals surface area contributed by atoms with E-state index < -0.39 is 12.1 Å². The van der Waals surface area contributed by atoms with Gasteiger partial charge in [-0.3, -0.25) is 4.79 Å². The summed E-state index contributed by atoms with van der Waals surface area (Å²) in [5, 5.41) is 0. The van der Waals surface area contributed by atoms with Crippen LogP contribution in [0.4, 0.5) is 4.39 Å². The Balaban J connectivity index is 1.45. The van der Waals surface area contributed by atoms with Crippen LogP contribution in [0.2, 0.25) is 0 Å². The van der Waals surface area contributed by atoms with Crippen molar-refractivity contribution >= 4 is 5.91 Å². The van der Waals surface area contributed by atoms with E-state index in [2.05, 4.69) is 50.2 Å². The van der Waals surface area contributed by atoms with Gasteiger partial charge in [0.15, 0.2) is 0 Å². The van der Waals surface area contributed by atoms with Crippen molar-refractivity contribution in [2.75, 3.05) is 13.6 Å². The molecule has 0 aliphatic heterocycles. The first-order valence-electron chi connectivity index (χ1n) is 13.1. The average Bonchev–Trinajstić information content (AvgIpc) is 2.87.